The van der Waals surface area contributed by atoms with E-state index in [4.69, 9.17) is 0 Å². The van der Waals surface area contributed by atoms with E-state index in [0.29, 0.717) is 11.2 Å². The molecule has 2 aromatic heterocycles. The number of carbonyl (C=O) groups is 1. The summed E-state index contributed by atoms with van der Waals surface area (Å²) in [5, 5.41) is 4.32. The predicted octanol–water partition coefficient (Wildman–Crippen LogP) is 2.77. The molecule has 1 aliphatic heterocycles. The standard InChI is InChI=1S/C17H15FN4O/c18-13-5-3-12(4-6-13)15-7-8-19-16-14(11-20-22(15)16)17(23)21-9-1-2-10-21/h3-8,11H,1-2,9-10H2. The molecule has 1 fully saturated rings. The van der Waals surface area contributed by atoms with E-state index in [9.17, 15) is 9.18 Å². The van der Waals surface area contributed by atoms with Crippen LogP contribution in [0, 0.1) is 5.82 Å². The largest absolute Gasteiger partial charge is 0.338 e. The first-order valence-electron chi connectivity index (χ1n) is 7.62. The molecule has 3 heterocycles. The van der Waals surface area contributed by atoms with Crippen molar-refractivity contribution in [1.29, 1.82) is 0 Å². The molecule has 3 aromatic rings. The molecule has 0 spiro atoms. The molecule has 0 aliphatic carbocycles. The summed E-state index contributed by atoms with van der Waals surface area (Å²) in [7, 11) is 0. The van der Waals surface area contributed by atoms with Crippen LogP contribution in [0.15, 0.2) is 42.7 Å². The molecule has 6 heteroatoms. The highest BCUT2D eigenvalue weighted by molar-refractivity contribution is 6.00. The molecular formula is C17H15FN4O. The number of nitrogens with zero attached hydrogens (tertiary/aromatic N) is 4. The van der Waals surface area contributed by atoms with E-state index in [1.54, 1.807) is 35.1 Å². The quantitative estimate of drug-likeness (QED) is 0.731. The number of rotatable bonds is 2. The number of fused-ring (bicyclic) bond motifs is 1. The third kappa shape index (κ3) is 2.36. The van der Waals surface area contributed by atoms with Crippen LogP contribution in [0.4, 0.5) is 4.39 Å². The monoisotopic (exact) mass is 310 g/mol. The van der Waals surface area contributed by atoms with Crippen molar-refractivity contribution in [2.24, 2.45) is 0 Å². The lowest BCUT2D eigenvalue weighted by molar-refractivity contribution is 0.0794. The van der Waals surface area contributed by atoms with Gasteiger partial charge in [-0.3, -0.25) is 4.79 Å². The Kier molecular flexibility index (Phi) is 3.29. The van der Waals surface area contributed by atoms with Crippen molar-refractivity contribution < 1.29 is 9.18 Å². The van der Waals surface area contributed by atoms with Gasteiger partial charge in [-0.15, -0.1) is 0 Å². The zero-order valence-electron chi connectivity index (χ0n) is 12.4. The van der Waals surface area contributed by atoms with Crippen LogP contribution in [-0.4, -0.2) is 38.5 Å². The fourth-order valence-corrected chi connectivity index (χ4v) is 2.97. The average Bonchev–Trinajstić information content (AvgIpc) is 3.24. The second kappa shape index (κ2) is 5.46. The first kappa shape index (κ1) is 13.9. The van der Waals surface area contributed by atoms with E-state index >= 15 is 0 Å². The number of hydrogen-bond acceptors (Lipinski definition) is 3. The molecule has 0 bridgehead atoms. The highest BCUT2D eigenvalue weighted by Gasteiger charge is 2.23. The molecule has 1 amide bonds. The average molecular weight is 310 g/mol. The van der Waals surface area contributed by atoms with Gasteiger partial charge in [-0.05, 0) is 43.2 Å². The van der Waals surface area contributed by atoms with Crippen LogP contribution in [0.2, 0.25) is 0 Å². The van der Waals surface area contributed by atoms with E-state index in [1.807, 2.05) is 4.90 Å². The van der Waals surface area contributed by atoms with Gasteiger partial charge in [0.25, 0.3) is 5.91 Å². The molecule has 1 saturated heterocycles. The summed E-state index contributed by atoms with van der Waals surface area (Å²) < 4.78 is 14.7. The van der Waals surface area contributed by atoms with Crippen molar-refractivity contribution in [2.75, 3.05) is 13.1 Å². The maximum atomic E-state index is 13.1. The summed E-state index contributed by atoms with van der Waals surface area (Å²) in [6, 6.07) is 7.99. The van der Waals surface area contributed by atoms with Gasteiger partial charge in [0.15, 0.2) is 5.65 Å². The van der Waals surface area contributed by atoms with Gasteiger partial charge in [-0.1, -0.05) is 0 Å². The van der Waals surface area contributed by atoms with E-state index in [2.05, 4.69) is 10.1 Å². The smallest absolute Gasteiger partial charge is 0.259 e. The van der Waals surface area contributed by atoms with Crippen molar-refractivity contribution in [3.8, 4) is 11.3 Å². The highest BCUT2D eigenvalue weighted by Crippen LogP contribution is 2.22. The Bertz CT molecular complexity index is 866. The summed E-state index contributed by atoms with van der Waals surface area (Å²) in [5.74, 6) is -0.314. The summed E-state index contributed by atoms with van der Waals surface area (Å²) in [6.07, 6.45) is 5.30. The van der Waals surface area contributed by atoms with Crippen LogP contribution in [-0.2, 0) is 0 Å². The lowest BCUT2D eigenvalue weighted by atomic mass is 10.1. The van der Waals surface area contributed by atoms with Gasteiger partial charge in [0, 0.05) is 24.8 Å². The Labute approximate surface area is 132 Å². The van der Waals surface area contributed by atoms with Crippen LogP contribution in [0.25, 0.3) is 16.9 Å². The molecule has 4 rings (SSSR count). The zero-order valence-corrected chi connectivity index (χ0v) is 12.4. The number of carbonyl (C=O) groups excluding carboxylic acids is 1. The van der Waals surface area contributed by atoms with E-state index in [1.165, 1.54) is 12.1 Å². The molecule has 23 heavy (non-hydrogen) atoms. The first-order chi connectivity index (χ1) is 11.2. The fourth-order valence-electron chi connectivity index (χ4n) is 2.97. The van der Waals surface area contributed by atoms with Gasteiger partial charge in [0.05, 0.1) is 11.9 Å². The minimum absolute atomic E-state index is 0.0266. The molecule has 1 aromatic carbocycles. The summed E-state index contributed by atoms with van der Waals surface area (Å²) >= 11 is 0. The van der Waals surface area contributed by atoms with Gasteiger partial charge in [0.1, 0.15) is 11.4 Å². The molecule has 0 unspecified atom stereocenters. The number of benzene rings is 1. The van der Waals surface area contributed by atoms with Gasteiger partial charge in [0.2, 0.25) is 0 Å². The second-order valence-corrected chi connectivity index (χ2v) is 5.63. The van der Waals surface area contributed by atoms with Crippen molar-refractivity contribution in [3.63, 3.8) is 0 Å². The maximum absolute atomic E-state index is 13.1. The third-order valence-electron chi connectivity index (χ3n) is 4.16. The maximum Gasteiger partial charge on any atom is 0.259 e. The molecule has 0 atom stereocenters. The Morgan fingerprint density at radius 2 is 1.83 bits per heavy atom. The Hall–Kier alpha value is -2.76. The second-order valence-electron chi connectivity index (χ2n) is 5.63. The van der Waals surface area contributed by atoms with Crippen LogP contribution in [0.3, 0.4) is 0 Å². The molecule has 1 aliphatic rings. The Morgan fingerprint density at radius 3 is 2.57 bits per heavy atom. The highest BCUT2D eigenvalue weighted by atomic mass is 19.1. The molecule has 0 N–H and O–H groups in total. The van der Waals surface area contributed by atoms with Gasteiger partial charge >= 0.3 is 0 Å². The van der Waals surface area contributed by atoms with E-state index in [0.717, 1.165) is 37.2 Å². The van der Waals surface area contributed by atoms with Gasteiger partial charge in [-0.25, -0.2) is 13.9 Å². The van der Waals surface area contributed by atoms with E-state index in [-0.39, 0.29) is 11.7 Å². The summed E-state index contributed by atoms with van der Waals surface area (Å²) in [6.45, 7) is 1.57. The molecule has 0 radical (unpaired) electrons. The predicted molar refractivity (Wildman–Crippen MR) is 83.5 cm³/mol. The number of hydrogen-bond donors (Lipinski definition) is 0. The van der Waals surface area contributed by atoms with Crippen molar-refractivity contribution in [1.82, 2.24) is 19.5 Å². The Morgan fingerprint density at radius 1 is 1.09 bits per heavy atom. The molecule has 0 saturated carbocycles. The van der Waals surface area contributed by atoms with Crippen LogP contribution < -0.4 is 0 Å². The fraction of sp³-hybridized carbons (Fsp3) is 0.235. The van der Waals surface area contributed by atoms with Crippen molar-refractivity contribution in [2.45, 2.75) is 12.8 Å². The number of likely N-dealkylation sites (tertiary alicyclic amines) is 1. The number of aromatic nitrogens is 3. The molecule has 116 valence electrons. The lowest BCUT2D eigenvalue weighted by Gasteiger charge is -2.13. The summed E-state index contributed by atoms with van der Waals surface area (Å²) in [5.41, 5.74) is 2.64. The van der Waals surface area contributed by atoms with E-state index < -0.39 is 0 Å². The van der Waals surface area contributed by atoms with Crippen molar-refractivity contribution in [3.05, 3.63) is 54.1 Å². The molecule has 5 nitrogen and oxygen atoms in total. The topological polar surface area (TPSA) is 50.5 Å². The van der Waals surface area contributed by atoms with Gasteiger partial charge < -0.3 is 4.90 Å². The zero-order chi connectivity index (χ0) is 15.8. The van der Waals surface area contributed by atoms with Crippen LogP contribution >= 0.6 is 0 Å². The van der Waals surface area contributed by atoms with Crippen LogP contribution in [0.1, 0.15) is 23.2 Å². The number of amides is 1. The molecular weight excluding hydrogens is 295 g/mol. The number of halogens is 1. The SMILES string of the molecule is O=C(c1cnn2c(-c3ccc(F)cc3)ccnc12)N1CCCC1. The normalized spacial score (nSPS) is 14.6. The minimum atomic E-state index is -0.288. The Balaban J connectivity index is 1.80. The van der Waals surface area contributed by atoms with Gasteiger partial charge in [-0.2, -0.15) is 5.10 Å². The van der Waals surface area contributed by atoms with Crippen LogP contribution in [0.5, 0.6) is 0 Å². The third-order valence-corrected chi connectivity index (χ3v) is 4.16. The first-order valence-corrected chi connectivity index (χ1v) is 7.62. The summed E-state index contributed by atoms with van der Waals surface area (Å²) in [4.78, 5) is 18.8. The lowest BCUT2D eigenvalue weighted by Crippen LogP contribution is -2.27. The van der Waals surface area contributed by atoms with Crippen molar-refractivity contribution >= 4 is 11.6 Å². The minimum Gasteiger partial charge on any atom is -0.338 e.